The number of anilines is 3. The summed E-state index contributed by atoms with van der Waals surface area (Å²) in [6.45, 7) is -6.05. The van der Waals surface area contributed by atoms with Crippen LogP contribution in [0.15, 0.2) is 0 Å². The summed E-state index contributed by atoms with van der Waals surface area (Å²) < 4.78 is 0.0117. The van der Waals surface area contributed by atoms with Gasteiger partial charge in [0.05, 0.1) is 148 Å². The van der Waals surface area contributed by atoms with Crippen LogP contribution in [0, 0.1) is 38.0 Å². The van der Waals surface area contributed by atoms with Crippen molar-refractivity contribution in [2.75, 3.05) is 113 Å². The highest BCUT2D eigenvalue weighted by molar-refractivity contribution is 14.1. The van der Waals surface area contributed by atoms with E-state index in [0.29, 0.717) is 0 Å². The Morgan fingerprint density at radius 3 is 0.560 bits per heavy atom. The lowest BCUT2D eigenvalue weighted by Gasteiger charge is -2.37. The number of rotatable bonds is 33. The Hall–Kier alpha value is -1.02. The molecule has 39 heteroatoms. The van der Waals surface area contributed by atoms with Crippen LogP contribution in [0.25, 0.3) is 0 Å². The number of aliphatic hydroxyl groups is 12. The Morgan fingerprint density at radius 2 is 0.440 bits per heavy atom. The lowest BCUT2D eigenvalue weighted by molar-refractivity contribution is -0.117. The second kappa shape index (κ2) is 40.1. The number of amides is 9. The smallest absolute Gasteiger partial charge is 0.253 e. The van der Waals surface area contributed by atoms with E-state index in [0.717, 1.165) is 35.5 Å². The fourth-order valence-corrected chi connectivity index (χ4v) is 22.3. The second-order valence-electron chi connectivity index (χ2n) is 19.7. The molecule has 0 saturated carbocycles. The third-order valence-electron chi connectivity index (χ3n) is 12.8. The first-order valence-corrected chi connectivity index (χ1v) is 36.2. The Morgan fingerprint density at radius 1 is 0.297 bits per heavy atom. The summed E-state index contributed by atoms with van der Waals surface area (Å²) in [6, 6.07) is 0. The fourth-order valence-electron chi connectivity index (χ4n) is 8.12. The number of halogens is 9. The van der Waals surface area contributed by atoms with E-state index in [-0.39, 0.29) is 82.6 Å². The predicted molar refractivity (Wildman–Crippen MR) is 404 cm³/mol. The van der Waals surface area contributed by atoms with E-state index in [4.69, 9.17) is 0 Å². The molecular formula is C52H64I9N9O21. The number of carbonyl (C=O) groups excluding carboxylic acids is 9. The van der Waals surface area contributed by atoms with E-state index < -0.39 is 194 Å². The van der Waals surface area contributed by atoms with Crippen molar-refractivity contribution in [1.29, 1.82) is 0 Å². The molecule has 0 aliphatic rings. The predicted octanol–water partition coefficient (Wildman–Crippen LogP) is -1.30. The molecule has 0 bridgehead atoms. The average molecular weight is 2290 g/mol. The summed E-state index contributed by atoms with van der Waals surface area (Å²) in [7, 11) is 0. The van der Waals surface area contributed by atoms with Gasteiger partial charge in [0, 0.05) is 96.3 Å². The van der Waals surface area contributed by atoms with E-state index in [1.54, 1.807) is 203 Å². The summed E-state index contributed by atoms with van der Waals surface area (Å²) in [5, 5.41) is 134. The first kappa shape index (κ1) is 84.2. The van der Waals surface area contributed by atoms with Gasteiger partial charge in [-0.3, -0.25) is 43.2 Å². The fraction of sp³-hybridized carbons (Fsp3) is 0.481. The summed E-state index contributed by atoms with van der Waals surface area (Å²) in [4.78, 5) is 134. The Balaban J connectivity index is 2.75. The van der Waals surface area contributed by atoms with Crippen molar-refractivity contribution in [2.24, 2.45) is 5.92 Å². The molecular weight excluding hydrogens is 2230 g/mol. The molecule has 0 spiro atoms. The van der Waals surface area contributed by atoms with Crippen LogP contribution < -0.4 is 46.6 Å². The van der Waals surface area contributed by atoms with E-state index in [1.165, 1.54) is 0 Å². The molecule has 91 heavy (non-hydrogen) atoms. The summed E-state index contributed by atoms with van der Waals surface area (Å²) in [6.07, 6.45) is -8.69. The van der Waals surface area contributed by atoms with Gasteiger partial charge in [-0.25, -0.2) is 0 Å². The highest BCUT2D eigenvalue weighted by atomic mass is 127. The van der Waals surface area contributed by atoms with Crippen molar-refractivity contribution in [1.82, 2.24) is 31.9 Å². The Labute approximate surface area is 643 Å². The van der Waals surface area contributed by atoms with Gasteiger partial charge in [0.2, 0.25) is 17.7 Å². The number of carbonyl (C=O) groups is 9. The zero-order valence-corrected chi connectivity index (χ0v) is 67.3. The van der Waals surface area contributed by atoms with Gasteiger partial charge in [-0.1, -0.05) is 0 Å². The van der Waals surface area contributed by atoms with E-state index in [1.807, 2.05) is 0 Å². The molecule has 3 aromatic rings. The van der Waals surface area contributed by atoms with Gasteiger partial charge < -0.3 is 108 Å². The van der Waals surface area contributed by atoms with Crippen molar-refractivity contribution in [2.45, 2.75) is 57.4 Å². The second-order valence-corrected chi connectivity index (χ2v) is 29.4. The monoisotopic (exact) mass is 2290 g/mol. The molecule has 9 amide bonds. The number of nitrogens with one attached hydrogen (secondary N) is 6. The standard InChI is InChI=1S/C52H64I9N9O21/c1-19(77)68(44-38(56)29(47(86)62-4-23(80)13-71)35(53)30(39(44)57)48(87)63-5-24(81)14-72)10-22(11-69(20(2)78)45-40(58)31(49(88)64-6-25(82)15-73)36(54)32(41(45)59)50(89)65-7-26(83)16-74)12-70(21(3)79)46-42(60)33(51(90)66-8-27(84)17-75)37(55)34(43(46)61)52(91)67-9-28(85)18-76/h22-28,71-76,80-85H,4-18H2,1-3H3,(H,62,86)(H,63,87)(H,64,88)(H,65,89)(H,66,90)(H,67,91). The molecule has 0 aliphatic heterocycles. The number of hydrogen-bond acceptors (Lipinski definition) is 21. The molecule has 3 aromatic carbocycles. The van der Waals surface area contributed by atoms with Crippen molar-refractivity contribution >= 4 is 274 Å². The molecule has 506 valence electrons. The third-order valence-corrected chi connectivity index (χ3v) is 22.3. The maximum Gasteiger partial charge on any atom is 0.253 e. The van der Waals surface area contributed by atoms with Gasteiger partial charge in [-0.2, -0.15) is 0 Å². The van der Waals surface area contributed by atoms with Gasteiger partial charge in [0.25, 0.3) is 35.4 Å². The third kappa shape index (κ3) is 22.5. The molecule has 6 unspecified atom stereocenters. The minimum atomic E-state index is -1.45. The van der Waals surface area contributed by atoms with Crippen LogP contribution in [0.5, 0.6) is 0 Å². The summed E-state index contributed by atoms with van der Waals surface area (Å²) >= 11 is 15.8. The SMILES string of the molecule is CC(=O)N(CC(CN(C(C)=O)c1c(I)c(C(=O)NCC(O)CO)c(I)c(C(=O)NCC(O)CO)c1I)CN(C(C)=O)c1c(I)c(C(=O)NCC(O)CO)c(I)c(C(=O)NCC(O)CO)c1I)c1c(I)c(C(=O)NCC(O)CO)c(I)c(C(=O)NCC(O)CO)c1I. The molecule has 18 N–H and O–H groups in total. The van der Waals surface area contributed by atoms with Crippen molar-refractivity contribution in [3.8, 4) is 0 Å². The number of aliphatic hydroxyl groups excluding tert-OH is 12. The van der Waals surface area contributed by atoms with Crippen molar-refractivity contribution in [3.63, 3.8) is 0 Å². The molecule has 0 aromatic heterocycles. The minimum absolute atomic E-state index is 0.00599. The Kier molecular flexibility index (Phi) is 37.1. The molecule has 30 nitrogen and oxygen atoms in total. The summed E-state index contributed by atoms with van der Waals surface area (Å²) in [5.41, 5.74) is -1.77. The van der Waals surface area contributed by atoms with Gasteiger partial charge >= 0.3 is 0 Å². The zero-order valence-electron chi connectivity index (χ0n) is 47.9. The first-order valence-electron chi connectivity index (χ1n) is 26.5. The van der Waals surface area contributed by atoms with Crippen molar-refractivity contribution < 1.29 is 104 Å². The van der Waals surface area contributed by atoms with Gasteiger partial charge in [0.15, 0.2) is 0 Å². The quantitative estimate of drug-likeness (QED) is 0.0315. The largest absolute Gasteiger partial charge is 0.394 e. The molecule has 0 radical (unpaired) electrons. The molecule has 3 rings (SSSR count). The number of benzene rings is 3. The van der Waals surface area contributed by atoms with Crippen LogP contribution in [0.2, 0.25) is 0 Å². The van der Waals surface area contributed by atoms with Crippen LogP contribution in [-0.4, -0.2) is 250 Å². The molecule has 0 fully saturated rings. The minimum Gasteiger partial charge on any atom is -0.394 e. The molecule has 0 aliphatic carbocycles. The van der Waals surface area contributed by atoms with Gasteiger partial charge in [-0.05, 0) is 203 Å². The number of hydrogen-bond donors (Lipinski definition) is 18. The molecule has 0 heterocycles. The van der Waals surface area contributed by atoms with Gasteiger partial charge in [0.1, 0.15) is 0 Å². The Bertz CT molecular complexity index is 2730. The highest BCUT2D eigenvalue weighted by Crippen LogP contribution is 2.43. The van der Waals surface area contributed by atoms with Crippen molar-refractivity contribution in [3.05, 3.63) is 65.5 Å². The normalized spacial score (nSPS) is 13.6. The topological polar surface area (TPSA) is 478 Å². The van der Waals surface area contributed by atoms with Crippen LogP contribution >= 0.6 is 203 Å². The lowest BCUT2D eigenvalue weighted by Crippen LogP contribution is -2.48. The highest BCUT2D eigenvalue weighted by Gasteiger charge is 2.39. The molecule has 0 saturated heterocycles. The lowest BCUT2D eigenvalue weighted by atomic mass is 10.0. The maximum absolute atomic E-state index is 14.7. The average Bonchev–Trinajstić information content (AvgIpc) is 0.779. The maximum atomic E-state index is 14.7. The van der Waals surface area contributed by atoms with E-state index in [2.05, 4.69) is 31.9 Å². The number of nitrogens with zero attached hydrogens (tertiary/aromatic N) is 3. The molecule has 6 atom stereocenters. The van der Waals surface area contributed by atoms with Crippen LogP contribution in [0.1, 0.15) is 82.9 Å². The summed E-state index contributed by atoms with van der Waals surface area (Å²) in [5.74, 6) is -9.20. The van der Waals surface area contributed by atoms with Crippen LogP contribution in [0.3, 0.4) is 0 Å². The van der Waals surface area contributed by atoms with E-state index in [9.17, 15) is 104 Å². The first-order chi connectivity index (χ1) is 42.6. The van der Waals surface area contributed by atoms with E-state index >= 15 is 0 Å². The van der Waals surface area contributed by atoms with Crippen LogP contribution in [0.4, 0.5) is 17.1 Å². The van der Waals surface area contributed by atoms with Gasteiger partial charge in [-0.15, -0.1) is 0 Å². The zero-order chi connectivity index (χ0) is 69.2. The van der Waals surface area contributed by atoms with Crippen LogP contribution in [-0.2, 0) is 14.4 Å².